The van der Waals surface area contributed by atoms with E-state index < -0.39 is 0 Å². The number of benzene rings is 1. The molecule has 2 atom stereocenters. The Morgan fingerprint density at radius 2 is 1.62 bits per heavy atom. The molecule has 1 nitrogen and oxygen atoms in total. The fourth-order valence-corrected chi connectivity index (χ4v) is 4.07. The lowest BCUT2D eigenvalue weighted by molar-refractivity contribution is 0.352. The molecule has 116 valence electrons. The maximum atomic E-state index is 3.74. The molecule has 0 aromatic heterocycles. The van der Waals surface area contributed by atoms with Gasteiger partial charge in [0, 0.05) is 5.54 Å². The van der Waals surface area contributed by atoms with E-state index in [2.05, 4.69) is 50.4 Å². The first-order valence-electron chi connectivity index (χ1n) is 8.88. The van der Waals surface area contributed by atoms with Crippen molar-refractivity contribution in [3.8, 4) is 0 Å². The highest BCUT2D eigenvalue weighted by atomic mass is 14.9. The van der Waals surface area contributed by atoms with Crippen LogP contribution in [0.1, 0.15) is 82.3 Å². The van der Waals surface area contributed by atoms with Crippen LogP contribution in [0, 0.1) is 5.92 Å². The van der Waals surface area contributed by atoms with Crippen LogP contribution in [0.5, 0.6) is 0 Å². The second kappa shape index (κ2) is 6.12. The highest BCUT2D eigenvalue weighted by molar-refractivity contribution is 5.35. The highest BCUT2D eigenvalue weighted by Gasteiger charge is 2.32. The van der Waals surface area contributed by atoms with Crippen molar-refractivity contribution in [2.45, 2.75) is 76.7 Å². The quantitative estimate of drug-likeness (QED) is 0.799. The van der Waals surface area contributed by atoms with Crippen LogP contribution in [0.2, 0.25) is 0 Å². The van der Waals surface area contributed by atoms with Crippen LogP contribution in [0.25, 0.3) is 0 Å². The fraction of sp³-hybridized carbons (Fsp3) is 0.700. The van der Waals surface area contributed by atoms with Gasteiger partial charge in [0.05, 0.1) is 0 Å². The summed E-state index contributed by atoms with van der Waals surface area (Å²) in [6, 6.07) is 9.33. The van der Waals surface area contributed by atoms with Gasteiger partial charge in [-0.1, -0.05) is 37.1 Å². The smallest absolute Gasteiger partial charge is 0.00966 e. The summed E-state index contributed by atoms with van der Waals surface area (Å²) in [6.07, 6.45) is 8.44. The lowest BCUT2D eigenvalue weighted by Gasteiger charge is -2.32. The van der Waals surface area contributed by atoms with Gasteiger partial charge in [-0.3, -0.25) is 0 Å². The van der Waals surface area contributed by atoms with E-state index in [-0.39, 0.29) is 5.54 Å². The average Bonchev–Trinajstić information content (AvgIpc) is 2.82. The van der Waals surface area contributed by atoms with Gasteiger partial charge in [-0.15, -0.1) is 0 Å². The van der Waals surface area contributed by atoms with Crippen LogP contribution in [-0.2, 0) is 0 Å². The molecule has 0 radical (unpaired) electrons. The van der Waals surface area contributed by atoms with Gasteiger partial charge in [0.2, 0.25) is 0 Å². The second-order valence-corrected chi connectivity index (χ2v) is 8.19. The number of rotatable bonds is 4. The maximum absolute atomic E-state index is 3.74. The normalized spacial score (nSPS) is 26.8. The number of hydrogen-bond acceptors (Lipinski definition) is 1. The van der Waals surface area contributed by atoms with E-state index in [1.807, 2.05) is 0 Å². The predicted octanol–water partition coefficient (Wildman–Crippen LogP) is 5.23. The summed E-state index contributed by atoms with van der Waals surface area (Å²) in [4.78, 5) is 0. The standard InChI is InChI=1S/C20H31N/c1-20(2,3)21-14-16-10-7-13-18(16)19-12-5-4-11-17(19)15-8-6-9-15/h4-5,11-12,15-16,18,21H,6-10,13-14H2,1-3H3. The van der Waals surface area contributed by atoms with E-state index in [0.717, 1.165) is 17.8 Å². The monoisotopic (exact) mass is 285 g/mol. The van der Waals surface area contributed by atoms with Gasteiger partial charge in [-0.05, 0) is 81.9 Å². The van der Waals surface area contributed by atoms with E-state index in [1.54, 1.807) is 11.1 Å². The molecule has 1 heteroatoms. The summed E-state index contributed by atoms with van der Waals surface area (Å²) in [6.45, 7) is 8.00. The SMILES string of the molecule is CC(C)(C)NCC1CCCC1c1ccccc1C1CCC1. The van der Waals surface area contributed by atoms with Gasteiger partial charge in [0.1, 0.15) is 0 Å². The lowest BCUT2D eigenvalue weighted by Crippen LogP contribution is -2.39. The molecule has 2 saturated carbocycles. The Hall–Kier alpha value is -0.820. The third-order valence-electron chi connectivity index (χ3n) is 5.49. The zero-order valence-electron chi connectivity index (χ0n) is 14.0. The van der Waals surface area contributed by atoms with Crippen LogP contribution in [0.15, 0.2) is 24.3 Å². The van der Waals surface area contributed by atoms with Crippen molar-refractivity contribution in [3.05, 3.63) is 35.4 Å². The summed E-state index contributed by atoms with van der Waals surface area (Å²) in [7, 11) is 0. The first-order valence-corrected chi connectivity index (χ1v) is 8.88. The lowest BCUT2D eigenvalue weighted by atomic mass is 9.74. The Labute approximate surface area is 130 Å². The molecule has 2 unspecified atom stereocenters. The van der Waals surface area contributed by atoms with E-state index in [9.17, 15) is 0 Å². The molecule has 2 aliphatic rings. The van der Waals surface area contributed by atoms with Gasteiger partial charge in [0.15, 0.2) is 0 Å². The molecule has 0 saturated heterocycles. The molecule has 0 aliphatic heterocycles. The van der Waals surface area contributed by atoms with E-state index in [4.69, 9.17) is 0 Å². The zero-order valence-corrected chi connectivity index (χ0v) is 14.0. The number of hydrogen-bond donors (Lipinski definition) is 1. The summed E-state index contributed by atoms with van der Waals surface area (Å²) in [5.41, 5.74) is 3.59. The van der Waals surface area contributed by atoms with Crippen molar-refractivity contribution >= 4 is 0 Å². The van der Waals surface area contributed by atoms with E-state index in [1.165, 1.54) is 45.1 Å². The van der Waals surface area contributed by atoms with Crippen molar-refractivity contribution < 1.29 is 0 Å². The van der Waals surface area contributed by atoms with Crippen LogP contribution in [0.4, 0.5) is 0 Å². The second-order valence-electron chi connectivity index (χ2n) is 8.19. The molecule has 0 bridgehead atoms. The van der Waals surface area contributed by atoms with Crippen molar-refractivity contribution in [3.63, 3.8) is 0 Å². The van der Waals surface area contributed by atoms with Crippen molar-refractivity contribution in [1.29, 1.82) is 0 Å². The van der Waals surface area contributed by atoms with E-state index in [0.29, 0.717) is 0 Å². The minimum atomic E-state index is 0.237. The topological polar surface area (TPSA) is 12.0 Å². The minimum Gasteiger partial charge on any atom is -0.312 e. The molecule has 1 aromatic carbocycles. The molecular formula is C20H31N. The van der Waals surface area contributed by atoms with Crippen LogP contribution in [0.3, 0.4) is 0 Å². The summed E-state index contributed by atoms with van der Waals surface area (Å²) in [5, 5.41) is 3.74. The van der Waals surface area contributed by atoms with Crippen molar-refractivity contribution in [2.75, 3.05) is 6.54 Å². The molecule has 1 N–H and O–H groups in total. The molecule has 1 aromatic rings. The molecule has 2 fully saturated rings. The summed E-state index contributed by atoms with van der Waals surface area (Å²) < 4.78 is 0. The first kappa shape index (κ1) is 15.1. The predicted molar refractivity (Wildman–Crippen MR) is 90.9 cm³/mol. The largest absolute Gasteiger partial charge is 0.312 e. The van der Waals surface area contributed by atoms with Crippen molar-refractivity contribution in [1.82, 2.24) is 5.32 Å². The molecule has 0 amide bonds. The van der Waals surface area contributed by atoms with Crippen LogP contribution in [-0.4, -0.2) is 12.1 Å². The summed E-state index contributed by atoms with van der Waals surface area (Å²) >= 11 is 0. The van der Waals surface area contributed by atoms with Crippen LogP contribution >= 0.6 is 0 Å². The van der Waals surface area contributed by atoms with Gasteiger partial charge in [-0.2, -0.15) is 0 Å². The molecule has 21 heavy (non-hydrogen) atoms. The van der Waals surface area contributed by atoms with Gasteiger partial charge in [-0.25, -0.2) is 0 Å². The van der Waals surface area contributed by atoms with Gasteiger partial charge in [0.25, 0.3) is 0 Å². The average molecular weight is 285 g/mol. The molecule has 0 spiro atoms. The van der Waals surface area contributed by atoms with Gasteiger partial charge < -0.3 is 5.32 Å². The Bertz CT molecular complexity index is 467. The van der Waals surface area contributed by atoms with Gasteiger partial charge >= 0.3 is 0 Å². The maximum Gasteiger partial charge on any atom is 0.00966 e. The molecule has 3 rings (SSSR count). The highest BCUT2D eigenvalue weighted by Crippen LogP contribution is 2.45. The molecule has 2 aliphatic carbocycles. The molecule has 0 heterocycles. The third-order valence-corrected chi connectivity index (χ3v) is 5.49. The third kappa shape index (κ3) is 3.51. The Morgan fingerprint density at radius 1 is 0.952 bits per heavy atom. The number of nitrogens with one attached hydrogen (secondary N) is 1. The Kier molecular flexibility index (Phi) is 4.40. The van der Waals surface area contributed by atoms with Crippen molar-refractivity contribution in [2.24, 2.45) is 5.92 Å². The summed E-state index contributed by atoms with van der Waals surface area (Å²) in [5.74, 6) is 2.47. The first-order chi connectivity index (χ1) is 10.0. The Morgan fingerprint density at radius 3 is 2.24 bits per heavy atom. The fourth-order valence-electron chi connectivity index (χ4n) is 4.07. The zero-order chi connectivity index (χ0) is 14.9. The minimum absolute atomic E-state index is 0.237. The van der Waals surface area contributed by atoms with Crippen LogP contribution < -0.4 is 5.32 Å². The van der Waals surface area contributed by atoms with E-state index >= 15 is 0 Å². The molecular weight excluding hydrogens is 254 g/mol. The Balaban J connectivity index is 1.75.